The van der Waals surface area contributed by atoms with Gasteiger partial charge in [-0.2, -0.15) is 0 Å². The van der Waals surface area contributed by atoms with Gasteiger partial charge in [0.1, 0.15) is 0 Å². The van der Waals surface area contributed by atoms with E-state index in [1.165, 1.54) is 7.11 Å². The molecule has 2 aromatic rings. The van der Waals surface area contributed by atoms with Gasteiger partial charge in [0.15, 0.2) is 5.75 Å². The Hall–Kier alpha value is -2.05. The molecule has 0 unspecified atom stereocenters. The Morgan fingerprint density at radius 1 is 1.19 bits per heavy atom. The fraction of sp³-hybridized carbons (Fsp3) is 0.200. The third kappa shape index (κ3) is 3.96. The maximum atomic E-state index is 11.0. The summed E-state index contributed by atoms with van der Waals surface area (Å²) in [4.78, 5) is 11.7. The number of benzene rings is 2. The molecule has 0 aliphatic carbocycles. The molecule has 0 amide bonds. The molecule has 0 fully saturated rings. The smallest absolute Gasteiger partial charge is 0.311 e. The summed E-state index contributed by atoms with van der Waals surface area (Å²) >= 11 is 1.62. The second-order valence-electron chi connectivity index (χ2n) is 4.40. The van der Waals surface area contributed by atoms with Gasteiger partial charge in [-0.3, -0.25) is 10.1 Å². The number of nitrogens with zero attached hydrogens (tertiary/aromatic N) is 1. The van der Waals surface area contributed by atoms with E-state index in [2.05, 4.69) is 0 Å². The summed E-state index contributed by atoms with van der Waals surface area (Å²) in [7, 11) is 1.43. The number of thioether (sulfide) groups is 1. The molecule has 0 radical (unpaired) electrons. The Balaban J connectivity index is 2.08. The fourth-order valence-electron chi connectivity index (χ4n) is 1.86. The number of nitro benzene ring substituents is 1. The minimum Gasteiger partial charge on any atom is -0.490 e. The van der Waals surface area contributed by atoms with Gasteiger partial charge in [0, 0.05) is 23.3 Å². The van der Waals surface area contributed by atoms with E-state index < -0.39 is 4.92 Å². The fourth-order valence-corrected chi connectivity index (χ4v) is 2.70. The van der Waals surface area contributed by atoms with Gasteiger partial charge in [0.05, 0.1) is 12.0 Å². The highest BCUT2D eigenvalue weighted by Crippen LogP contribution is 2.30. The van der Waals surface area contributed by atoms with E-state index >= 15 is 0 Å². The Morgan fingerprint density at radius 3 is 2.43 bits per heavy atom. The molecule has 0 aliphatic rings. The van der Waals surface area contributed by atoms with E-state index in [1.807, 2.05) is 30.3 Å². The van der Waals surface area contributed by atoms with E-state index in [4.69, 9.17) is 10.5 Å². The first kappa shape index (κ1) is 15.3. The average molecular weight is 304 g/mol. The molecule has 0 heterocycles. The van der Waals surface area contributed by atoms with Crippen molar-refractivity contribution in [2.75, 3.05) is 7.11 Å². The first-order chi connectivity index (χ1) is 10.1. The lowest BCUT2D eigenvalue weighted by Crippen LogP contribution is -1.95. The molecule has 21 heavy (non-hydrogen) atoms. The van der Waals surface area contributed by atoms with Crippen LogP contribution in [0.15, 0.2) is 47.4 Å². The lowest BCUT2D eigenvalue weighted by molar-refractivity contribution is -0.385. The number of rotatable bonds is 6. The van der Waals surface area contributed by atoms with Crippen molar-refractivity contribution in [2.24, 2.45) is 5.73 Å². The van der Waals surface area contributed by atoms with E-state index in [-0.39, 0.29) is 11.4 Å². The molecule has 2 rings (SSSR count). The molecule has 0 spiro atoms. The minimum absolute atomic E-state index is 0.00548. The van der Waals surface area contributed by atoms with Gasteiger partial charge < -0.3 is 10.5 Å². The maximum Gasteiger partial charge on any atom is 0.311 e. The molecular formula is C15H16N2O3S. The quantitative estimate of drug-likeness (QED) is 0.503. The SMILES string of the molecule is COc1ccc(CSc2ccc(CN)cc2)cc1[N+](=O)[O-]. The summed E-state index contributed by atoms with van der Waals surface area (Å²) in [5, 5.41) is 11.0. The molecule has 0 atom stereocenters. The van der Waals surface area contributed by atoms with Crippen molar-refractivity contribution < 1.29 is 9.66 Å². The van der Waals surface area contributed by atoms with Crippen molar-refractivity contribution in [1.29, 1.82) is 0 Å². The summed E-state index contributed by atoms with van der Waals surface area (Å²) in [5.41, 5.74) is 7.52. The monoisotopic (exact) mass is 304 g/mol. The van der Waals surface area contributed by atoms with Gasteiger partial charge in [-0.25, -0.2) is 0 Å². The molecule has 0 aromatic heterocycles. The number of nitro groups is 1. The maximum absolute atomic E-state index is 11.0. The highest BCUT2D eigenvalue weighted by Gasteiger charge is 2.15. The van der Waals surface area contributed by atoms with Gasteiger partial charge in [-0.05, 0) is 29.3 Å². The Kier molecular flexibility index (Phi) is 5.19. The van der Waals surface area contributed by atoms with Crippen molar-refractivity contribution in [1.82, 2.24) is 0 Å². The van der Waals surface area contributed by atoms with Crippen LogP contribution in [-0.4, -0.2) is 12.0 Å². The predicted octanol–water partition coefficient (Wildman–Crippen LogP) is 3.35. The minimum atomic E-state index is -0.428. The first-order valence-corrected chi connectivity index (χ1v) is 7.35. The molecule has 2 N–H and O–H groups in total. The molecule has 0 aliphatic heterocycles. The van der Waals surface area contributed by atoms with Crippen LogP contribution >= 0.6 is 11.8 Å². The molecule has 5 nitrogen and oxygen atoms in total. The number of nitrogens with two attached hydrogens (primary N) is 1. The van der Waals surface area contributed by atoms with Crippen LogP contribution < -0.4 is 10.5 Å². The Bertz CT molecular complexity index is 629. The van der Waals surface area contributed by atoms with Crippen molar-refractivity contribution in [3.8, 4) is 5.75 Å². The second kappa shape index (κ2) is 7.10. The summed E-state index contributed by atoms with van der Waals surface area (Å²) in [6.07, 6.45) is 0. The van der Waals surface area contributed by atoms with Crippen molar-refractivity contribution >= 4 is 17.4 Å². The normalized spacial score (nSPS) is 10.4. The third-order valence-corrected chi connectivity index (χ3v) is 4.09. The van der Waals surface area contributed by atoms with E-state index in [1.54, 1.807) is 23.9 Å². The molecule has 0 saturated heterocycles. The zero-order valence-electron chi connectivity index (χ0n) is 11.6. The predicted molar refractivity (Wildman–Crippen MR) is 83.5 cm³/mol. The van der Waals surface area contributed by atoms with Crippen LogP contribution in [0.1, 0.15) is 11.1 Å². The number of hydrogen-bond acceptors (Lipinski definition) is 5. The van der Waals surface area contributed by atoms with Gasteiger partial charge >= 0.3 is 5.69 Å². The van der Waals surface area contributed by atoms with Gasteiger partial charge in [-0.1, -0.05) is 18.2 Å². The van der Waals surface area contributed by atoms with Crippen LogP contribution in [0.5, 0.6) is 5.75 Å². The standard InChI is InChI=1S/C15H16N2O3S/c1-20-15-7-4-12(8-14(15)17(18)19)10-21-13-5-2-11(9-16)3-6-13/h2-8H,9-10,16H2,1H3. The lowest BCUT2D eigenvalue weighted by atomic mass is 10.2. The summed E-state index contributed by atoms with van der Waals surface area (Å²) < 4.78 is 4.99. The highest BCUT2D eigenvalue weighted by atomic mass is 32.2. The lowest BCUT2D eigenvalue weighted by Gasteiger charge is -2.06. The van der Waals surface area contributed by atoms with E-state index in [9.17, 15) is 10.1 Å². The topological polar surface area (TPSA) is 78.4 Å². The van der Waals surface area contributed by atoms with E-state index in [0.29, 0.717) is 12.3 Å². The molecule has 6 heteroatoms. The van der Waals surface area contributed by atoms with Crippen LogP contribution in [0.3, 0.4) is 0 Å². The summed E-state index contributed by atoms with van der Waals surface area (Å²) in [6.45, 7) is 0.523. The number of ether oxygens (including phenoxy) is 1. The summed E-state index contributed by atoms with van der Waals surface area (Å²) in [6, 6.07) is 13.0. The Labute approximate surface area is 127 Å². The largest absolute Gasteiger partial charge is 0.490 e. The van der Waals surface area contributed by atoms with Gasteiger partial charge in [0.25, 0.3) is 0 Å². The van der Waals surface area contributed by atoms with Crippen LogP contribution in [0.2, 0.25) is 0 Å². The van der Waals surface area contributed by atoms with Crippen molar-refractivity contribution in [3.05, 3.63) is 63.7 Å². The van der Waals surface area contributed by atoms with Crippen LogP contribution in [0, 0.1) is 10.1 Å². The van der Waals surface area contributed by atoms with Crippen LogP contribution in [-0.2, 0) is 12.3 Å². The molecule has 0 bridgehead atoms. The molecule has 2 aromatic carbocycles. The average Bonchev–Trinajstić information content (AvgIpc) is 2.53. The van der Waals surface area contributed by atoms with Crippen molar-refractivity contribution in [3.63, 3.8) is 0 Å². The van der Waals surface area contributed by atoms with Crippen molar-refractivity contribution in [2.45, 2.75) is 17.2 Å². The number of methoxy groups -OCH3 is 1. The number of hydrogen-bond donors (Lipinski definition) is 1. The molecular weight excluding hydrogens is 288 g/mol. The zero-order chi connectivity index (χ0) is 15.2. The van der Waals surface area contributed by atoms with Crippen LogP contribution in [0.25, 0.3) is 0 Å². The van der Waals surface area contributed by atoms with Gasteiger partial charge in [0.2, 0.25) is 0 Å². The van der Waals surface area contributed by atoms with Gasteiger partial charge in [-0.15, -0.1) is 11.8 Å². The molecule has 110 valence electrons. The third-order valence-electron chi connectivity index (χ3n) is 3.00. The zero-order valence-corrected chi connectivity index (χ0v) is 12.4. The first-order valence-electron chi connectivity index (χ1n) is 6.37. The van der Waals surface area contributed by atoms with Crippen LogP contribution in [0.4, 0.5) is 5.69 Å². The van der Waals surface area contributed by atoms with E-state index in [0.717, 1.165) is 16.0 Å². The molecule has 0 saturated carbocycles. The highest BCUT2D eigenvalue weighted by molar-refractivity contribution is 7.98. The summed E-state index contributed by atoms with van der Waals surface area (Å²) in [5.74, 6) is 0.938. The Morgan fingerprint density at radius 2 is 1.86 bits per heavy atom. The second-order valence-corrected chi connectivity index (χ2v) is 5.45.